The van der Waals surface area contributed by atoms with Crippen molar-refractivity contribution in [3.05, 3.63) is 98.1 Å². The number of aromatic nitrogens is 4. The van der Waals surface area contributed by atoms with Crippen LogP contribution in [0.1, 0.15) is 0 Å². The summed E-state index contributed by atoms with van der Waals surface area (Å²) < 4.78 is 0. The van der Waals surface area contributed by atoms with Crippen LogP contribution in [0.25, 0.3) is 22.3 Å². The smallest absolute Gasteiger partial charge is 0.0273 e. The van der Waals surface area contributed by atoms with Crippen molar-refractivity contribution in [3.63, 3.8) is 0 Å². The molecular formula is C20H18N4O. The zero-order chi connectivity index (χ0) is 16.5. The van der Waals surface area contributed by atoms with E-state index < -0.39 is 0 Å². The van der Waals surface area contributed by atoms with Gasteiger partial charge in [0.15, 0.2) is 0 Å². The Labute approximate surface area is 146 Å². The lowest BCUT2D eigenvalue weighted by atomic mass is 10.1. The molecule has 5 heteroatoms. The van der Waals surface area contributed by atoms with Crippen LogP contribution >= 0.6 is 0 Å². The molecule has 0 atom stereocenters. The van der Waals surface area contributed by atoms with Gasteiger partial charge in [0.25, 0.3) is 0 Å². The summed E-state index contributed by atoms with van der Waals surface area (Å²) in [6.07, 6.45) is 14.3. The van der Waals surface area contributed by atoms with Crippen LogP contribution in [-0.4, -0.2) is 25.4 Å². The third-order valence-corrected chi connectivity index (χ3v) is 3.39. The molecule has 4 rings (SSSR count). The van der Waals surface area contributed by atoms with Crippen molar-refractivity contribution in [2.24, 2.45) is 0 Å². The number of hydrogen-bond donors (Lipinski definition) is 0. The van der Waals surface area contributed by atoms with Crippen molar-refractivity contribution in [2.45, 2.75) is 0 Å². The van der Waals surface area contributed by atoms with Crippen LogP contribution in [0, 0.1) is 0 Å². The Morgan fingerprint density at radius 2 is 0.480 bits per heavy atom. The predicted octanol–water partition coefficient (Wildman–Crippen LogP) is 3.46. The lowest BCUT2D eigenvalue weighted by molar-refractivity contribution is 0.824. The minimum Gasteiger partial charge on any atom is -0.412 e. The number of hydrogen-bond acceptors (Lipinski definition) is 4. The minimum atomic E-state index is 0. The largest absolute Gasteiger partial charge is 0.412 e. The Hall–Kier alpha value is -3.44. The van der Waals surface area contributed by atoms with E-state index in [1.807, 2.05) is 48.5 Å². The van der Waals surface area contributed by atoms with Gasteiger partial charge in [-0.15, -0.1) is 0 Å². The molecule has 25 heavy (non-hydrogen) atoms. The summed E-state index contributed by atoms with van der Waals surface area (Å²) in [5.74, 6) is 0. The standard InChI is InChI=1S/2C10H8N2.H2O/c2*1-5-11-6-2-9(1)10-3-7-12-8-4-10;/h2*1-8H;1H2. The maximum atomic E-state index is 3.96. The first-order valence-corrected chi connectivity index (χ1v) is 7.54. The molecule has 0 amide bonds. The van der Waals surface area contributed by atoms with E-state index in [9.17, 15) is 0 Å². The molecule has 4 aromatic rings. The average Bonchev–Trinajstić information content (AvgIpc) is 2.71. The fourth-order valence-corrected chi connectivity index (χ4v) is 2.18. The molecule has 2 N–H and O–H groups in total. The molecule has 4 heterocycles. The van der Waals surface area contributed by atoms with Crippen LogP contribution < -0.4 is 0 Å². The monoisotopic (exact) mass is 330 g/mol. The normalized spacial score (nSPS) is 9.28. The molecule has 0 aliphatic heterocycles. The van der Waals surface area contributed by atoms with Crippen molar-refractivity contribution in [1.82, 2.24) is 19.9 Å². The van der Waals surface area contributed by atoms with Gasteiger partial charge in [0.2, 0.25) is 0 Å². The Balaban J connectivity index is 0.000000173. The third kappa shape index (κ3) is 5.30. The molecule has 0 saturated heterocycles. The fraction of sp³-hybridized carbons (Fsp3) is 0. The van der Waals surface area contributed by atoms with Crippen molar-refractivity contribution in [1.29, 1.82) is 0 Å². The summed E-state index contributed by atoms with van der Waals surface area (Å²) in [4.78, 5) is 15.8. The van der Waals surface area contributed by atoms with Gasteiger partial charge in [-0.3, -0.25) is 19.9 Å². The van der Waals surface area contributed by atoms with E-state index in [1.165, 1.54) is 22.3 Å². The number of rotatable bonds is 2. The van der Waals surface area contributed by atoms with Gasteiger partial charge in [0, 0.05) is 49.6 Å². The summed E-state index contributed by atoms with van der Waals surface area (Å²) in [6, 6.07) is 15.9. The maximum absolute atomic E-state index is 3.96. The summed E-state index contributed by atoms with van der Waals surface area (Å²) >= 11 is 0. The molecule has 4 aromatic heterocycles. The molecule has 0 aliphatic carbocycles. The molecule has 0 aromatic carbocycles. The summed E-state index contributed by atoms with van der Waals surface area (Å²) in [6.45, 7) is 0. The second-order valence-corrected chi connectivity index (χ2v) is 4.94. The molecule has 0 unspecified atom stereocenters. The maximum Gasteiger partial charge on any atom is 0.0273 e. The van der Waals surface area contributed by atoms with E-state index in [4.69, 9.17) is 0 Å². The van der Waals surface area contributed by atoms with Gasteiger partial charge in [-0.25, -0.2) is 0 Å². The minimum absolute atomic E-state index is 0. The van der Waals surface area contributed by atoms with Crippen molar-refractivity contribution in [3.8, 4) is 22.3 Å². The van der Waals surface area contributed by atoms with E-state index in [2.05, 4.69) is 19.9 Å². The van der Waals surface area contributed by atoms with Crippen LogP contribution in [0.5, 0.6) is 0 Å². The first-order valence-electron chi connectivity index (χ1n) is 7.54. The number of nitrogens with zero attached hydrogens (tertiary/aromatic N) is 4. The van der Waals surface area contributed by atoms with Crippen LogP contribution in [-0.2, 0) is 0 Å². The van der Waals surface area contributed by atoms with Gasteiger partial charge in [0.05, 0.1) is 0 Å². The highest BCUT2D eigenvalue weighted by Gasteiger charge is 1.93. The molecule has 124 valence electrons. The fourth-order valence-electron chi connectivity index (χ4n) is 2.18. The second kappa shape index (κ2) is 9.64. The SMILES string of the molecule is O.c1cc(-c2ccncc2)ccn1.c1cc(-c2ccncc2)ccn1. The number of pyridine rings is 4. The highest BCUT2D eigenvalue weighted by atomic mass is 16.0. The van der Waals surface area contributed by atoms with Crippen LogP contribution in [0.3, 0.4) is 0 Å². The predicted molar refractivity (Wildman–Crippen MR) is 98.5 cm³/mol. The molecule has 0 aliphatic rings. The Kier molecular flexibility index (Phi) is 6.91. The van der Waals surface area contributed by atoms with Crippen LogP contribution in [0.2, 0.25) is 0 Å². The van der Waals surface area contributed by atoms with Crippen LogP contribution in [0.4, 0.5) is 0 Å². The molecule has 5 nitrogen and oxygen atoms in total. The van der Waals surface area contributed by atoms with Gasteiger partial charge in [0.1, 0.15) is 0 Å². The molecule has 0 saturated carbocycles. The quantitative estimate of drug-likeness (QED) is 0.563. The van der Waals surface area contributed by atoms with Gasteiger partial charge >= 0.3 is 0 Å². The summed E-state index contributed by atoms with van der Waals surface area (Å²) in [7, 11) is 0. The van der Waals surface area contributed by atoms with Crippen molar-refractivity contribution in [2.75, 3.05) is 0 Å². The summed E-state index contributed by atoms with van der Waals surface area (Å²) in [5, 5.41) is 0. The first-order chi connectivity index (χ1) is 11.9. The van der Waals surface area contributed by atoms with E-state index >= 15 is 0 Å². The van der Waals surface area contributed by atoms with Gasteiger partial charge < -0.3 is 5.48 Å². The van der Waals surface area contributed by atoms with Crippen molar-refractivity contribution >= 4 is 0 Å². The second-order valence-electron chi connectivity index (χ2n) is 4.94. The van der Waals surface area contributed by atoms with E-state index in [-0.39, 0.29) is 5.48 Å². The van der Waals surface area contributed by atoms with Crippen LogP contribution in [0.15, 0.2) is 98.1 Å². The van der Waals surface area contributed by atoms with E-state index in [0.29, 0.717) is 0 Å². The first kappa shape index (κ1) is 17.9. The summed E-state index contributed by atoms with van der Waals surface area (Å²) in [5.41, 5.74) is 4.69. The van der Waals surface area contributed by atoms with Gasteiger partial charge in [-0.05, 0) is 70.8 Å². The molecule has 0 bridgehead atoms. The highest BCUT2D eigenvalue weighted by molar-refractivity contribution is 5.62. The highest BCUT2D eigenvalue weighted by Crippen LogP contribution is 2.16. The van der Waals surface area contributed by atoms with E-state index in [1.54, 1.807) is 49.6 Å². The molecular weight excluding hydrogens is 312 g/mol. The Morgan fingerprint density at radius 1 is 0.320 bits per heavy atom. The Bertz CT molecular complexity index is 692. The van der Waals surface area contributed by atoms with Gasteiger partial charge in [-0.2, -0.15) is 0 Å². The molecule has 0 spiro atoms. The molecule has 0 fully saturated rings. The lowest BCUT2D eigenvalue weighted by Crippen LogP contribution is -1.77. The van der Waals surface area contributed by atoms with Gasteiger partial charge in [-0.1, -0.05) is 0 Å². The zero-order valence-corrected chi connectivity index (χ0v) is 13.5. The topological polar surface area (TPSA) is 83.1 Å². The molecule has 0 radical (unpaired) electrons. The van der Waals surface area contributed by atoms with Crippen molar-refractivity contribution < 1.29 is 5.48 Å². The Morgan fingerprint density at radius 3 is 0.640 bits per heavy atom. The van der Waals surface area contributed by atoms with E-state index in [0.717, 1.165) is 0 Å². The third-order valence-electron chi connectivity index (χ3n) is 3.39. The lowest BCUT2D eigenvalue weighted by Gasteiger charge is -1.97. The average molecular weight is 330 g/mol. The zero-order valence-electron chi connectivity index (χ0n) is 13.5.